The van der Waals surface area contributed by atoms with Gasteiger partial charge in [-0.25, -0.2) is 0 Å². The first-order chi connectivity index (χ1) is 9.37. The van der Waals surface area contributed by atoms with E-state index in [4.69, 9.17) is 4.74 Å². The Bertz CT molecular complexity index is 314. The highest BCUT2D eigenvalue weighted by atomic mass is 16.5. The van der Waals surface area contributed by atoms with Crippen molar-refractivity contribution in [2.24, 2.45) is 5.41 Å². The first-order valence-electron chi connectivity index (χ1n) is 7.82. The summed E-state index contributed by atoms with van der Waals surface area (Å²) in [5.74, 6) is -0.436. The summed E-state index contributed by atoms with van der Waals surface area (Å²) >= 11 is 0. The highest BCUT2D eigenvalue weighted by molar-refractivity contribution is 5.80. The van der Waals surface area contributed by atoms with E-state index >= 15 is 0 Å². The van der Waals surface area contributed by atoms with Crippen LogP contribution in [0.2, 0.25) is 0 Å². The molecule has 1 fully saturated rings. The number of rotatable bonds is 6. The average Bonchev–Trinajstić information content (AvgIpc) is 2.36. The van der Waals surface area contributed by atoms with Gasteiger partial charge in [-0.3, -0.25) is 9.59 Å². The van der Waals surface area contributed by atoms with Crippen LogP contribution >= 0.6 is 0 Å². The molecule has 0 saturated heterocycles. The second kappa shape index (κ2) is 8.28. The molecule has 20 heavy (non-hydrogen) atoms. The Hall–Kier alpha value is -1.06. The van der Waals surface area contributed by atoms with Crippen LogP contribution in [-0.2, 0) is 14.3 Å². The van der Waals surface area contributed by atoms with Gasteiger partial charge in [0.2, 0.25) is 0 Å². The molecule has 0 aromatic heterocycles. The van der Waals surface area contributed by atoms with Crippen LogP contribution in [0.1, 0.15) is 72.1 Å². The Balaban J connectivity index is 2.09. The Morgan fingerprint density at radius 3 is 2.40 bits per heavy atom. The van der Waals surface area contributed by atoms with E-state index < -0.39 is 0 Å². The van der Waals surface area contributed by atoms with Gasteiger partial charge < -0.3 is 10.1 Å². The predicted octanol–water partition coefficient (Wildman–Crippen LogP) is 3.19. The van der Waals surface area contributed by atoms with Gasteiger partial charge in [-0.15, -0.1) is 0 Å². The van der Waals surface area contributed by atoms with Gasteiger partial charge in [0.05, 0.1) is 0 Å². The molecule has 4 heteroatoms. The van der Waals surface area contributed by atoms with E-state index in [0.717, 1.165) is 25.7 Å². The Morgan fingerprint density at radius 1 is 1.15 bits per heavy atom. The zero-order chi connectivity index (χ0) is 15.0. The Kier molecular flexibility index (Phi) is 7.03. The maximum atomic E-state index is 11.7. The van der Waals surface area contributed by atoms with Gasteiger partial charge in [-0.05, 0) is 31.1 Å². The lowest BCUT2D eigenvalue weighted by Gasteiger charge is -2.22. The maximum Gasteiger partial charge on any atom is 0.306 e. The fourth-order valence-electron chi connectivity index (χ4n) is 2.50. The van der Waals surface area contributed by atoms with E-state index in [2.05, 4.69) is 26.1 Å². The Morgan fingerprint density at radius 2 is 1.80 bits per heavy atom. The number of nitrogens with one attached hydrogen (secondary N) is 1. The first-order valence-corrected chi connectivity index (χ1v) is 7.82. The number of esters is 1. The molecule has 1 aliphatic carbocycles. The summed E-state index contributed by atoms with van der Waals surface area (Å²) in [6.07, 6.45) is 7.90. The van der Waals surface area contributed by atoms with Crippen molar-refractivity contribution < 1.29 is 14.3 Å². The second-order valence-corrected chi connectivity index (χ2v) is 6.98. The number of carbonyl (C=O) groups excluding carboxylic acids is 2. The molecular weight excluding hydrogens is 254 g/mol. The van der Waals surface area contributed by atoms with Crippen LogP contribution < -0.4 is 5.32 Å². The van der Waals surface area contributed by atoms with Gasteiger partial charge in [0, 0.05) is 12.5 Å². The summed E-state index contributed by atoms with van der Waals surface area (Å²) in [6.45, 7) is 6.31. The van der Waals surface area contributed by atoms with E-state index in [9.17, 15) is 9.59 Å². The van der Waals surface area contributed by atoms with Crippen LogP contribution in [0.15, 0.2) is 0 Å². The van der Waals surface area contributed by atoms with Gasteiger partial charge in [-0.2, -0.15) is 0 Å². The number of hydrogen-bond donors (Lipinski definition) is 1. The molecule has 0 radical (unpaired) electrons. The van der Waals surface area contributed by atoms with Crippen molar-refractivity contribution in [3.8, 4) is 0 Å². The van der Waals surface area contributed by atoms with Gasteiger partial charge in [-0.1, -0.05) is 40.0 Å². The topological polar surface area (TPSA) is 55.4 Å². The van der Waals surface area contributed by atoms with Gasteiger partial charge >= 0.3 is 5.97 Å². The van der Waals surface area contributed by atoms with Crippen molar-refractivity contribution in [2.45, 2.75) is 78.2 Å². The molecule has 1 saturated carbocycles. The lowest BCUT2D eigenvalue weighted by Crippen LogP contribution is -2.38. The minimum atomic E-state index is -0.270. The first kappa shape index (κ1) is 17.0. The molecule has 0 unspecified atom stereocenters. The lowest BCUT2D eigenvalue weighted by molar-refractivity contribution is -0.149. The minimum absolute atomic E-state index is 0.134. The molecule has 0 aromatic rings. The largest absolute Gasteiger partial charge is 0.456 e. The maximum absolute atomic E-state index is 11.7. The van der Waals surface area contributed by atoms with Gasteiger partial charge in [0.15, 0.2) is 6.61 Å². The van der Waals surface area contributed by atoms with E-state index in [1.54, 1.807) is 0 Å². The zero-order valence-electron chi connectivity index (χ0n) is 13.2. The molecule has 0 aromatic carbocycles. The van der Waals surface area contributed by atoms with Crippen molar-refractivity contribution in [1.29, 1.82) is 0 Å². The SMILES string of the molecule is CC(C)(C)CCCC(=O)OCC(=O)NC1CCCCC1. The standard InChI is InChI=1S/C16H29NO3/c1-16(2,3)11-7-10-15(19)20-12-14(18)17-13-8-5-4-6-9-13/h13H,4-12H2,1-3H3,(H,17,18). The van der Waals surface area contributed by atoms with Crippen LogP contribution in [-0.4, -0.2) is 24.5 Å². The molecular formula is C16H29NO3. The fourth-order valence-corrected chi connectivity index (χ4v) is 2.50. The van der Waals surface area contributed by atoms with Crippen LogP contribution in [0.4, 0.5) is 0 Å². The van der Waals surface area contributed by atoms with Gasteiger partial charge in [0.1, 0.15) is 0 Å². The monoisotopic (exact) mass is 283 g/mol. The number of hydrogen-bond acceptors (Lipinski definition) is 3. The molecule has 0 bridgehead atoms. The van der Waals surface area contributed by atoms with Crippen molar-refractivity contribution in [1.82, 2.24) is 5.32 Å². The normalized spacial score (nSPS) is 16.8. The summed E-state index contributed by atoms with van der Waals surface area (Å²) < 4.78 is 5.01. The summed E-state index contributed by atoms with van der Waals surface area (Å²) in [7, 11) is 0. The van der Waals surface area contributed by atoms with Crippen molar-refractivity contribution >= 4 is 11.9 Å². The van der Waals surface area contributed by atoms with Crippen molar-refractivity contribution in [3.05, 3.63) is 0 Å². The highest BCUT2D eigenvalue weighted by Gasteiger charge is 2.17. The molecule has 1 aliphatic rings. The number of carbonyl (C=O) groups is 2. The third-order valence-electron chi connectivity index (χ3n) is 3.64. The van der Waals surface area contributed by atoms with Crippen LogP contribution in [0.3, 0.4) is 0 Å². The zero-order valence-corrected chi connectivity index (χ0v) is 13.2. The number of amides is 1. The lowest BCUT2D eigenvalue weighted by atomic mass is 9.90. The van der Waals surface area contributed by atoms with Crippen LogP contribution in [0.5, 0.6) is 0 Å². The van der Waals surface area contributed by atoms with E-state index in [1.807, 2.05) is 0 Å². The van der Waals surface area contributed by atoms with Crippen molar-refractivity contribution in [2.75, 3.05) is 6.61 Å². The molecule has 0 heterocycles. The molecule has 0 atom stereocenters. The highest BCUT2D eigenvalue weighted by Crippen LogP contribution is 2.21. The third-order valence-corrected chi connectivity index (χ3v) is 3.64. The molecule has 1 N–H and O–H groups in total. The molecule has 4 nitrogen and oxygen atoms in total. The summed E-state index contributed by atoms with van der Waals surface area (Å²) in [5.41, 5.74) is 0.235. The smallest absolute Gasteiger partial charge is 0.306 e. The van der Waals surface area contributed by atoms with E-state index in [1.165, 1.54) is 19.3 Å². The summed E-state index contributed by atoms with van der Waals surface area (Å²) in [4.78, 5) is 23.2. The van der Waals surface area contributed by atoms with E-state index in [-0.39, 0.29) is 29.9 Å². The molecule has 1 amide bonds. The molecule has 0 aliphatic heterocycles. The molecule has 0 spiro atoms. The average molecular weight is 283 g/mol. The third kappa shape index (κ3) is 8.18. The van der Waals surface area contributed by atoms with Crippen LogP contribution in [0.25, 0.3) is 0 Å². The quantitative estimate of drug-likeness (QED) is 0.762. The predicted molar refractivity (Wildman–Crippen MR) is 79.3 cm³/mol. The summed E-state index contributed by atoms with van der Waals surface area (Å²) in [6, 6.07) is 0.274. The van der Waals surface area contributed by atoms with Crippen LogP contribution in [0, 0.1) is 5.41 Å². The van der Waals surface area contributed by atoms with Crippen molar-refractivity contribution in [3.63, 3.8) is 0 Å². The number of ether oxygens (including phenoxy) is 1. The second-order valence-electron chi connectivity index (χ2n) is 6.98. The van der Waals surface area contributed by atoms with E-state index in [0.29, 0.717) is 6.42 Å². The molecule has 116 valence electrons. The Labute approximate surface area is 122 Å². The van der Waals surface area contributed by atoms with Gasteiger partial charge in [0.25, 0.3) is 5.91 Å². The minimum Gasteiger partial charge on any atom is -0.456 e. The fraction of sp³-hybridized carbons (Fsp3) is 0.875. The molecule has 1 rings (SSSR count). The summed E-state index contributed by atoms with van der Waals surface area (Å²) in [5, 5.41) is 2.94.